The molecule has 12 heterocycles. The van der Waals surface area contributed by atoms with Crippen molar-refractivity contribution in [2.75, 3.05) is 163 Å². The predicted molar refractivity (Wildman–Crippen MR) is 451 cm³/mol. The Morgan fingerprint density at radius 3 is 0.931 bits per heavy atom. The molecule has 0 radical (unpaired) electrons. The average molecular weight is 1870 g/mol. The van der Waals surface area contributed by atoms with Crippen LogP contribution in [0.15, 0.2) is 37.5 Å². The van der Waals surface area contributed by atoms with Crippen molar-refractivity contribution in [3.8, 4) is 0 Å². The summed E-state index contributed by atoms with van der Waals surface area (Å²) in [6.45, 7) is 31.4. The van der Waals surface area contributed by atoms with Crippen molar-refractivity contribution < 1.29 is 155 Å². The quantitative estimate of drug-likeness (QED) is 0.0295. The van der Waals surface area contributed by atoms with E-state index in [-0.39, 0.29) is 87.2 Å². The molecule has 14 fully saturated rings. The Kier molecular flexibility index (Phi) is 38.4. The number of rotatable bonds is 23. The van der Waals surface area contributed by atoms with Crippen molar-refractivity contribution in [3.63, 3.8) is 0 Å². The third-order valence-corrected chi connectivity index (χ3v) is 28.4. The van der Waals surface area contributed by atoms with Gasteiger partial charge in [-0.25, -0.2) is 17.6 Å². The summed E-state index contributed by atoms with van der Waals surface area (Å²) < 4.78 is 217. The van der Waals surface area contributed by atoms with Crippen LogP contribution in [0.1, 0.15) is 88.5 Å². The first-order chi connectivity index (χ1) is 60.9. The van der Waals surface area contributed by atoms with E-state index in [1.807, 2.05) is 35.6 Å². The maximum atomic E-state index is 13.6. The van der Waals surface area contributed by atoms with Gasteiger partial charge in [-0.3, -0.25) is 0 Å². The van der Waals surface area contributed by atoms with Gasteiger partial charge < -0.3 is 31.1 Å². The van der Waals surface area contributed by atoms with Crippen LogP contribution in [0, 0.1) is 79.8 Å². The number of nitrogens with zero attached hydrogens (tertiary/aromatic N) is 5. The molecule has 0 spiro atoms. The molecular weight excluding hydrogens is 1730 g/mol. The molecule has 50 heteroatoms. The zero-order valence-electron chi connectivity index (χ0n) is 78.1. The normalized spacial score (nSPS) is 44.5. The van der Waals surface area contributed by atoms with Crippen molar-refractivity contribution in [3.05, 3.63) is 37.5 Å². The van der Waals surface area contributed by atoms with Gasteiger partial charge in [0.25, 0.3) is 5.92 Å². The Morgan fingerprint density at radius 1 is 0.392 bits per heavy atom. The first kappa shape index (κ1) is 111. The number of carbonyl (C=O) groups excluding carboxylic acids is 1. The maximum absolute atomic E-state index is 13.6. The fraction of sp³-hybridized carbons (Fsp3) is 0.912. The average Bonchev–Trinajstić information content (AvgIpc) is 1.79. The van der Waals surface area contributed by atoms with Crippen LogP contribution in [0.25, 0.3) is 0 Å². The summed E-state index contributed by atoms with van der Waals surface area (Å²) in [5.41, 5.74) is 0. The molecule has 11 N–H and O–H groups in total. The monoisotopic (exact) mass is 1870 g/mol. The Morgan fingerprint density at radius 2 is 0.646 bits per heavy atom. The van der Waals surface area contributed by atoms with Crippen molar-refractivity contribution in [1.29, 1.82) is 26.6 Å². The SMILES string of the molecule is C=C[C@H]1CN(B=N)C[C@H]2O[C@](C)(OC)[C@@](C)(OC)O[C@H]12.C=C[C@H]1CN(B=N)C[C@H]2O[C@](C)(OC)[C@@](C)(OC)O[C@H]12.CO[C@@]1(C)O[C@@H]2[C@@H](C3CC3(F)F)CN(B=N)C[C@H]2O[C@]1(C)OC.CO[C@@]1(C)O[C@@H]2[C@@H](C=C(F)F)CN(B=N)C[C@H]2O[C@]1(C)OC.CO[C@@]1(C)O[C@@H]2[C@@H](C=O)CN(B=N)C[C@H]2O[C@]1(C)OC.O[C@@H]1[C@@H](CC(F)F)CNC[C@H]1O.O[C@H]1[C@H](O)CNC[C@@H]1C1CC1(F)F. The zero-order valence-corrected chi connectivity index (χ0v) is 78.1. The molecule has 0 amide bonds. The zero-order chi connectivity index (χ0) is 97.3. The van der Waals surface area contributed by atoms with Crippen LogP contribution in [0.2, 0.25) is 0 Å². The number of piperidine rings is 7. The second kappa shape index (κ2) is 45.0. The molecular formula is C80H137B5F8N12O25. The number of carbonyl (C=O) groups is 1. The van der Waals surface area contributed by atoms with Gasteiger partial charge >= 0.3 is 620 Å². The Hall–Kier alpha value is -4.39. The predicted octanol–water partition coefficient (Wildman–Crippen LogP) is 4.22. The molecule has 738 valence electrons. The van der Waals surface area contributed by atoms with E-state index in [4.69, 9.17) is 126 Å². The van der Waals surface area contributed by atoms with Crippen LogP contribution < -0.4 is 10.6 Å². The summed E-state index contributed by atoms with van der Waals surface area (Å²) in [5.74, 6) is -20.0. The first-order valence-corrected chi connectivity index (χ1v) is 43.3. The van der Waals surface area contributed by atoms with E-state index in [0.717, 1.165) is 19.6 Å². The fourth-order valence-corrected chi connectivity index (χ4v) is 18.6. The number of hydrogen-bond donors (Lipinski definition) is 11. The van der Waals surface area contributed by atoms with Crippen molar-refractivity contribution in [2.45, 2.75) is 250 Å². The largest absolute Gasteiger partial charge is 0.390 e. The molecule has 14 rings (SSSR count). The molecule has 2 unspecified atom stereocenters. The van der Waals surface area contributed by atoms with E-state index in [1.165, 1.54) is 71.5 Å². The van der Waals surface area contributed by atoms with E-state index in [9.17, 15) is 55.2 Å². The number of nitrogens with one attached hydrogen (secondary N) is 7. The van der Waals surface area contributed by atoms with Crippen LogP contribution in [0.3, 0.4) is 0 Å². The topological polar surface area (TPSA) is 442 Å². The van der Waals surface area contributed by atoms with Crippen molar-refractivity contribution >= 4 is 42.3 Å². The summed E-state index contributed by atoms with van der Waals surface area (Å²) in [6.07, 6.45) is -6.83. The van der Waals surface area contributed by atoms with E-state index in [1.54, 1.807) is 98.3 Å². The minimum Gasteiger partial charge on any atom is -0.390 e. The van der Waals surface area contributed by atoms with Crippen molar-refractivity contribution in [1.82, 2.24) is 34.7 Å². The number of β-amino-alcohol motifs (C(OH)–C–C–N with tert-alkyl or cyclic N) is 2. The van der Waals surface area contributed by atoms with Gasteiger partial charge in [-0.05, 0) is 0 Å². The second-order valence-corrected chi connectivity index (χ2v) is 36.1. The Balaban J connectivity index is 0.000000189. The second-order valence-electron chi connectivity index (χ2n) is 36.1. The third-order valence-electron chi connectivity index (χ3n) is 28.4. The summed E-state index contributed by atoms with van der Waals surface area (Å²) in [6, 6.07) is 0. The van der Waals surface area contributed by atoms with Crippen LogP contribution in [0.5, 0.6) is 0 Å². The maximum Gasteiger partial charge on any atom is 0.252 e. The fourth-order valence-electron chi connectivity index (χ4n) is 18.6. The summed E-state index contributed by atoms with van der Waals surface area (Å²) in [5, 5.41) is 79.8. The summed E-state index contributed by atoms with van der Waals surface area (Å²) >= 11 is 0. The molecule has 12 aliphatic heterocycles. The summed E-state index contributed by atoms with van der Waals surface area (Å²) in [4.78, 5) is 20.1. The number of alkyl halides is 6. The number of halogens is 8. The van der Waals surface area contributed by atoms with Gasteiger partial charge in [-0.1, -0.05) is 0 Å². The van der Waals surface area contributed by atoms with E-state index in [2.05, 4.69) is 23.8 Å². The van der Waals surface area contributed by atoms with Gasteiger partial charge in [0.1, 0.15) is 0 Å². The van der Waals surface area contributed by atoms with Crippen molar-refractivity contribution in [2.24, 2.45) is 53.3 Å². The number of aldehydes is 1. The molecule has 2 aliphatic carbocycles. The van der Waals surface area contributed by atoms with E-state index >= 15 is 0 Å². The summed E-state index contributed by atoms with van der Waals surface area (Å²) in [7, 11) is 21.4. The molecule has 0 aromatic rings. The first-order valence-electron chi connectivity index (χ1n) is 43.3. The molecule has 14 aliphatic rings. The van der Waals surface area contributed by atoms with Crippen LogP contribution in [0.4, 0.5) is 35.1 Å². The number of methoxy groups -OCH3 is 10. The number of aliphatic hydroxyl groups is 4. The van der Waals surface area contributed by atoms with Gasteiger partial charge in [0.05, 0.1) is 24.4 Å². The van der Waals surface area contributed by atoms with E-state index in [0.29, 0.717) is 72.0 Å². The number of hydrogen-bond acceptors (Lipinski definition) is 32. The Bertz CT molecular complexity index is 3610. The van der Waals surface area contributed by atoms with Gasteiger partial charge in [0.2, 0.25) is 6.43 Å². The molecule has 12 saturated heterocycles. The molecule has 130 heavy (non-hydrogen) atoms. The van der Waals surface area contributed by atoms with Crippen LogP contribution in [-0.2, 0) is 99.5 Å². The minimum absolute atomic E-state index is 0.0752. The number of aliphatic hydroxyl groups excluding tert-OH is 4. The van der Waals surface area contributed by atoms with Crippen LogP contribution >= 0.6 is 0 Å². The molecule has 0 bridgehead atoms. The minimum atomic E-state index is -2.66. The molecule has 0 aromatic carbocycles. The smallest absolute Gasteiger partial charge is 0.252 e. The third kappa shape index (κ3) is 23.9. The number of ether oxygens (including phenoxy) is 20. The Labute approximate surface area is 759 Å². The van der Waals surface area contributed by atoms with Gasteiger partial charge in [-0.15, -0.1) is 0 Å². The number of fused-ring (bicyclic) bond motifs is 5. The standard InChI is InChI=1S/C14H23BF2N2O4.C13H21BF2N2O4.2C13H23BN2O4.C12H21BN2O5.C8H13F2NO2.C7H13F2NO2/c1-12(20-3)13(2,21-4)23-11-8(9-5-14(9,16)17)6-19(15-18)7-10(11)22-12;1-12(19-3)13(2,20-4)22-11-8(5-10(15)16)6-18(14-17)7-9(11)21-12;2*1-6-9-7-16(14-15)8-10-11(9)20-13(3,18-5)12(2,17-4)19-10;1-11(17-3)12(2,18-4)20-10-8(7-16)5-15(13-14)6-9(10)19-11;9-8(10)1-5(8)4-2-11-3-6(12)7(4)13;8-6(9)1-4-2-10-3-5(11)7(4)12/h8-11,18H,5-7H2,1-4H3;5,8-9,11,17H,6-7H2,1-4H3;2*6,9-11,15H,1,7-8H2,2-5H3;7-10,14H,5-6H2,1-4H3;4-7,11-13H,1-3H2;4-7,10-12H,1-3H2/t8-,9?,10-,11-,12+,13+;8-,9+,11+,12-,13-;2*9-,10+,11+,12-,13-;8-,9-,10-,11+,12+;4-,5?,6-,7-;4-,5+,7+/m1000110/s1. The molecule has 0 aromatic heterocycles. The van der Waals surface area contributed by atoms with Gasteiger partial charge in [0, 0.05) is 56.8 Å². The molecule has 37 nitrogen and oxygen atoms in total. The molecule has 2 saturated carbocycles. The van der Waals surface area contributed by atoms with E-state index < -0.39 is 173 Å². The molecule has 33 atom stereocenters. The van der Waals surface area contributed by atoms with Crippen LogP contribution in [-0.4, -0.2) is 411 Å². The van der Waals surface area contributed by atoms with Gasteiger partial charge in [-0.2, -0.15) is 0 Å². The van der Waals surface area contributed by atoms with Gasteiger partial charge in [0.15, 0.2) is 0 Å².